The molecule has 0 saturated carbocycles. The van der Waals surface area contributed by atoms with Crippen LogP contribution in [0.25, 0.3) is 5.95 Å². The SMILES string of the molecule is Cc1cc(C)nc(-n2nc(C)c(CC(=O)N3CCC[C@@H]3c3ccccc3)c2C)n1. The molecule has 2 aromatic heterocycles. The number of rotatable bonds is 4. The minimum atomic E-state index is 0.156. The summed E-state index contributed by atoms with van der Waals surface area (Å²) in [6.07, 6.45) is 2.41. The van der Waals surface area contributed by atoms with Gasteiger partial charge in [0.1, 0.15) is 0 Å². The summed E-state index contributed by atoms with van der Waals surface area (Å²) in [5, 5.41) is 4.64. The number of benzene rings is 1. The van der Waals surface area contributed by atoms with Gasteiger partial charge in [-0.05, 0) is 52.2 Å². The number of aryl methyl sites for hydroxylation is 3. The molecule has 6 nitrogen and oxygen atoms in total. The third-order valence-corrected chi connectivity index (χ3v) is 5.69. The Bertz CT molecular complexity index is 1020. The van der Waals surface area contributed by atoms with Crippen molar-refractivity contribution in [3.63, 3.8) is 0 Å². The zero-order valence-corrected chi connectivity index (χ0v) is 17.5. The number of aromatic nitrogens is 4. The molecule has 3 heterocycles. The fourth-order valence-corrected chi connectivity index (χ4v) is 4.27. The van der Waals surface area contributed by atoms with Crippen molar-refractivity contribution in [1.29, 1.82) is 0 Å². The monoisotopic (exact) mass is 389 g/mol. The van der Waals surface area contributed by atoms with Crippen molar-refractivity contribution >= 4 is 5.91 Å². The normalized spacial score (nSPS) is 16.4. The van der Waals surface area contributed by atoms with Gasteiger partial charge in [0.05, 0.1) is 18.2 Å². The summed E-state index contributed by atoms with van der Waals surface area (Å²) >= 11 is 0. The predicted octanol–water partition coefficient (Wildman–Crippen LogP) is 3.80. The number of carbonyl (C=O) groups is 1. The maximum absolute atomic E-state index is 13.2. The van der Waals surface area contributed by atoms with Gasteiger partial charge in [-0.1, -0.05) is 30.3 Å². The second kappa shape index (κ2) is 7.78. The molecular weight excluding hydrogens is 362 g/mol. The van der Waals surface area contributed by atoms with Crippen LogP contribution in [0.2, 0.25) is 0 Å². The Morgan fingerprint density at radius 3 is 2.45 bits per heavy atom. The van der Waals surface area contributed by atoms with Crippen LogP contribution in [-0.2, 0) is 11.2 Å². The number of hydrogen-bond donors (Lipinski definition) is 0. The van der Waals surface area contributed by atoms with E-state index in [0.29, 0.717) is 12.4 Å². The standard InChI is InChI=1S/C23H27N5O/c1-15-13-16(2)25-23(24-15)28-18(4)20(17(3)26-28)14-22(29)27-12-8-11-21(27)19-9-6-5-7-10-19/h5-7,9-10,13,21H,8,11-12,14H2,1-4H3/t21-/m1/s1. The highest BCUT2D eigenvalue weighted by atomic mass is 16.2. The second-order valence-corrected chi connectivity index (χ2v) is 7.84. The van der Waals surface area contributed by atoms with Crippen molar-refractivity contribution in [2.75, 3.05) is 6.54 Å². The van der Waals surface area contributed by atoms with Crippen molar-refractivity contribution in [3.05, 3.63) is 70.3 Å². The molecule has 3 aromatic rings. The number of carbonyl (C=O) groups excluding carboxylic acids is 1. The second-order valence-electron chi connectivity index (χ2n) is 7.84. The van der Waals surface area contributed by atoms with Crippen LogP contribution in [0, 0.1) is 27.7 Å². The average molecular weight is 390 g/mol. The summed E-state index contributed by atoms with van der Waals surface area (Å²) in [6, 6.07) is 12.4. The van der Waals surface area contributed by atoms with Crippen molar-refractivity contribution in [2.24, 2.45) is 0 Å². The summed E-state index contributed by atoms with van der Waals surface area (Å²) in [6.45, 7) is 8.65. The van der Waals surface area contributed by atoms with E-state index in [-0.39, 0.29) is 11.9 Å². The van der Waals surface area contributed by atoms with Crippen LogP contribution in [0.4, 0.5) is 0 Å². The van der Waals surface area contributed by atoms with E-state index in [1.54, 1.807) is 4.68 Å². The van der Waals surface area contributed by atoms with Crippen molar-refractivity contribution < 1.29 is 4.79 Å². The third-order valence-electron chi connectivity index (χ3n) is 5.69. The van der Waals surface area contributed by atoms with Crippen molar-refractivity contribution in [1.82, 2.24) is 24.6 Å². The van der Waals surface area contributed by atoms with E-state index in [1.165, 1.54) is 5.56 Å². The topological polar surface area (TPSA) is 63.9 Å². The third kappa shape index (κ3) is 3.79. The van der Waals surface area contributed by atoms with Gasteiger partial charge in [0.2, 0.25) is 5.91 Å². The molecular formula is C23H27N5O. The van der Waals surface area contributed by atoms with E-state index in [0.717, 1.165) is 47.7 Å². The first-order valence-electron chi connectivity index (χ1n) is 10.2. The van der Waals surface area contributed by atoms with Gasteiger partial charge in [0, 0.05) is 29.2 Å². The molecule has 0 bridgehead atoms. The molecule has 0 aliphatic carbocycles. The first-order chi connectivity index (χ1) is 13.9. The number of nitrogens with zero attached hydrogens (tertiary/aromatic N) is 5. The molecule has 1 aliphatic heterocycles. The van der Waals surface area contributed by atoms with E-state index in [2.05, 4.69) is 27.2 Å². The molecule has 0 unspecified atom stereocenters. The minimum absolute atomic E-state index is 0.156. The number of likely N-dealkylation sites (tertiary alicyclic amines) is 1. The molecule has 1 amide bonds. The summed E-state index contributed by atoms with van der Waals surface area (Å²) in [4.78, 5) is 24.3. The van der Waals surface area contributed by atoms with Gasteiger partial charge < -0.3 is 4.90 Å². The van der Waals surface area contributed by atoms with Crippen LogP contribution >= 0.6 is 0 Å². The van der Waals surface area contributed by atoms with Gasteiger partial charge in [-0.15, -0.1) is 0 Å². The molecule has 1 saturated heterocycles. The molecule has 29 heavy (non-hydrogen) atoms. The van der Waals surface area contributed by atoms with Crippen LogP contribution < -0.4 is 0 Å². The van der Waals surface area contributed by atoms with Gasteiger partial charge in [0.25, 0.3) is 5.95 Å². The van der Waals surface area contributed by atoms with Crippen LogP contribution in [0.3, 0.4) is 0 Å². The summed E-state index contributed by atoms with van der Waals surface area (Å²) in [5.74, 6) is 0.716. The summed E-state index contributed by atoms with van der Waals surface area (Å²) in [5.41, 5.74) is 5.77. The highest BCUT2D eigenvalue weighted by Crippen LogP contribution is 2.32. The van der Waals surface area contributed by atoms with Crippen LogP contribution in [-0.4, -0.2) is 37.1 Å². The molecule has 0 N–H and O–H groups in total. The lowest BCUT2D eigenvalue weighted by molar-refractivity contribution is -0.131. The summed E-state index contributed by atoms with van der Waals surface area (Å²) < 4.78 is 1.76. The average Bonchev–Trinajstić information content (AvgIpc) is 3.28. The number of amides is 1. The van der Waals surface area contributed by atoms with Crippen molar-refractivity contribution in [3.8, 4) is 5.95 Å². The van der Waals surface area contributed by atoms with E-state index < -0.39 is 0 Å². The van der Waals surface area contributed by atoms with Gasteiger partial charge in [-0.25, -0.2) is 14.6 Å². The molecule has 0 radical (unpaired) electrons. The lowest BCUT2D eigenvalue weighted by Gasteiger charge is -2.25. The largest absolute Gasteiger partial charge is 0.335 e. The highest BCUT2D eigenvalue weighted by molar-refractivity contribution is 5.80. The molecule has 1 atom stereocenters. The van der Waals surface area contributed by atoms with Crippen molar-refractivity contribution in [2.45, 2.75) is 53.0 Å². The number of hydrogen-bond acceptors (Lipinski definition) is 4. The highest BCUT2D eigenvalue weighted by Gasteiger charge is 2.30. The van der Waals surface area contributed by atoms with Gasteiger partial charge in [-0.2, -0.15) is 5.10 Å². The van der Waals surface area contributed by atoms with E-state index in [1.807, 2.05) is 56.9 Å². The Morgan fingerprint density at radius 2 is 1.76 bits per heavy atom. The molecule has 6 heteroatoms. The predicted molar refractivity (Wildman–Crippen MR) is 112 cm³/mol. The lowest BCUT2D eigenvalue weighted by atomic mass is 10.0. The molecule has 150 valence electrons. The maximum atomic E-state index is 13.2. The quantitative estimate of drug-likeness (QED) is 0.681. The molecule has 4 rings (SSSR count). The molecule has 1 fully saturated rings. The molecule has 1 aliphatic rings. The fourth-order valence-electron chi connectivity index (χ4n) is 4.27. The Morgan fingerprint density at radius 1 is 1.07 bits per heavy atom. The molecule has 1 aromatic carbocycles. The van der Waals surface area contributed by atoms with E-state index in [4.69, 9.17) is 0 Å². The van der Waals surface area contributed by atoms with E-state index in [9.17, 15) is 4.79 Å². The Balaban J connectivity index is 1.60. The minimum Gasteiger partial charge on any atom is -0.335 e. The lowest BCUT2D eigenvalue weighted by Crippen LogP contribution is -2.32. The van der Waals surface area contributed by atoms with Crippen LogP contribution in [0.5, 0.6) is 0 Å². The first-order valence-corrected chi connectivity index (χ1v) is 10.2. The van der Waals surface area contributed by atoms with Gasteiger partial charge in [-0.3, -0.25) is 4.79 Å². The van der Waals surface area contributed by atoms with Gasteiger partial charge >= 0.3 is 0 Å². The zero-order chi connectivity index (χ0) is 20.5. The fraction of sp³-hybridized carbons (Fsp3) is 0.391. The maximum Gasteiger partial charge on any atom is 0.251 e. The Hall–Kier alpha value is -3.02. The zero-order valence-electron chi connectivity index (χ0n) is 17.5. The Kier molecular flexibility index (Phi) is 5.18. The van der Waals surface area contributed by atoms with E-state index >= 15 is 0 Å². The van der Waals surface area contributed by atoms with Crippen LogP contribution in [0.15, 0.2) is 36.4 Å². The first kappa shape index (κ1) is 19.3. The molecule has 0 spiro atoms. The Labute approximate surface area is 171 Å². The van der Waals surface area contributed by atoms with Crippen LogP contribution in [0.1, 0.15) is 52.8 Å². The van der Waals surface area contributed by atoms with Gasteiger partial charge in [0.15, 0.2) is 0 Å². The summed E-state index contributed by atoms with van der Waals surface area (Å²) in [7, 11) is 0. The smallest absolute Gasteiger partial charge is 0.251 e.